The minimum atomic E-state index is 0. The van der Waals surface area contributed by atoms with E-state index in [0.717, 1.165) is 45.4 Å². The van der Waals surface area contributed by atoms with Crippen LogP contribution in [0.15, 0.2) is 4.99 Å². The summed E-state index contributed by atoms with van der Waals surface area (Å²) in [4.78, 5) is 17.6. The molecule has 1 unspecified atom stereocenters. The first-order valence-corrected chi connectivity index (χ1v) is 8.40. The summed E-state index contributed by atoms with van der Waals surface area (Å²) in [5.74, 6) is 1.33. The predicted molar refractivity (Wildman–Crippen MR) is 105 cm³/mol. The van der Waals surface area contributed by atoms with E-state index in [9.17, 15) is 4.79 Å². The lowest BCUT2D eigenvalue weighted by Crippen LogP contribution is -2.43. The van der Waals surface area contributed by atoms with Crippen molar-refractivity contribution in [2.45, 2.75) is 45.6 Å². The van der Waals surface area contributed by atoms with Gasteiger partial charge >= 0.3 is 0 Å². The zero-order chi connectivity index (χ0) is 16.4. The van der Waals surface area contributed by atoms with Gasteiger partial charge in [-0.15, -0.1) is 24.0 Å². The molecule has 1 amide bonds. The Morgan fingerprint density at radius 2 is 2.00 bits per heavy atom. The molecule has 0 aliphatic carbocycles. The largest absolute Gasteiger partial charge is 0.376 e. The Morgan fingerprint density at radius 1 is 1.30 bits per heavy atom. The van der Waals surface area contributed by atoms with Crippen LogP contribution in [0.1, 0.15) is 39.5 Å². The molecule has 6 nitrogen and oxygen atoms in total. The summed E-state index contributed by atoms with van der Waals surface area (Å²) in [5, 5.41) is 6.66. The van der Waals surface area contributed by atoms with Crippen molar-refractivity contribution in [2.24, 2.45) is 10.9 Å². The average molecular weight is 440 g/mol. The highest BCUT2D eigenvalue weighted by atomic mass is 127. The van der Waals surface area contributed by atoms with E-state index < -0.39 is 0 Å². The number of carbonyl (C=O) groups excluding carboxylic acids is 1. The molecule has 23 heavy (non-hydrogen) atoms. The third-order valence-electron chi connectivity index (χ3n) is 4.11. The van der Waals surface area contributed by atoms with Crippen molar-refractivity contribution in [1.82, 2.24) is 15.5 Å². The average Bonchev–Trinajstić information content (AvgIpc) is 3.02. The van der Waals surface area contributed by atoms with Gasteiger partial charge in [0.15, 0.2) is 5.96 Å². The number of aliphatic imine (C=N–C) groups is 1. The second kappa shape index (κ2) is 12.8. The Balaban J connectivity index is 0.00000484. The van der Waals surface area contributed by atoms with Gasteiger partial charge in [0, 0.05) is 33.8 Å². The van der Waals surface area contributed by atoms with Crippen molar-refractivity contribution in [3.63, 3.8) is 0 Å². The number of ether oxygens (including phenoxy) is 1. The fourth-order valence-electron chi connectivity index (χ4n) is 2.30. The summed E-state index contributed by atoms with van der Waals surface area (Å²) in [5.41, 5.74) is 0. The molecule has 0 saturated carbocycles. The van der Waals surface area contributed by atoms with Gasteiger partial charge < -0.3 is 20.3 Å². The van der Waals surface area contributed by atoms with Crippen LogP contribution >= 0.6 is 24.0 Å². The zero-order valence-electron chi connectivity index (χ0n) is 14.9. The second-order valence-corrected chi connectivity index (χ2v) is 6.03. The molecule has 0 spiro atoms. The van der Waals surface area contributed by atoms with E-state index in [2.05, 4.69) is 29.5 Å². The van der Waals surface area contributed by atoms with Gasteiger partial charge in [-0.05, 0) is 18.8 Å². The molecule has 1 saturated heterocycles. The first-order valence-electron chi connectivity index (χ1n) is 8.40. The van der Waals surface area contributed by atoms with Gasteiger partial charge in [-0.2, -0.15) is 0 Å². The fourth-order valence-corrected chi connectivity index (χ4v) is 2.30. The molecule has 0 aromatic rings. The van der Waals surface area contributed by atoms with Crippen LogP contribution in [0.25, 0.3) is 0 Å². The molecule has 0 bridgehead atoms. The van der Waals surface area contributed by atoms with Gasteiger partial charge in [0.25, 0.3) is 0 Å². The molecule has 7 heteroatoms. The maximum atomic E-state index is 11.7. The van der Waals surface area contributed by atoms with Gasteiger partial charge in [0.05, 0.1) is 6.10 Å². The number of rotatable bonds is 8. The quantitative estimate of drug-likeness (QED) is 0.344. The lowest BCUT2D eigenvalue weighted by molar-refractivity contribution is -0.127. The standard InChI is InChI=1S/C16H32N4O2.HI/c1-5-13(6-2)10-17-16(19-12-15(21)20(3)4)18-11-14-8-7-9-22-14;/h13-14H,5-12H2,1-4H3,(H2,17,18,19);1H. The summed E-state index contributed by atoms with van der Waals surface area (Å²) in [7, 11) is 3.49. The minimum Gasteiger partial charge on any atom is -0.376 e. The Hall–Kier alpha value is -0.570. The van der Waals surface area contributed by atoms with Crippen LogP contribution < -0.4 is 10.6 Å². The SMILES string of the molecule is CCC(CC)CNC(=NCC(=O)N(C)C)NCC1CCCO1.I. The molecule has 1 aliphatic heterocycles. The molecule has 0 aromatic heterocycles. The van der Waals surface area contributed by atoms with Crippen molar-refractivity contribution in [3.05, 3.63) is 0 Å². The van der Waals surface area contributed by atoms with Crippen LogP contribution in [-0.2, 0) is 9.53 Å². The van der Waals surface area contributed by atoms with Gasteiger partial charge in [0.2, 0.25) is 5.91 Å². The normalized spacial score (nSPS) is 17.8. The topological polar surface area (TPSA) is 66.0 Å². The van der Waals surface area contributed by atoms with E-state index in [1.54, 1.807) is 19.0 Å². The van der Waals surface area contributed by atoms with Crippen LogP contribution in [0.2, 0.25) is 0 Å². The van der Waals surface area contributed by atoms with Crippen LogP contribution in [0.3, 0.4) is 0 Å². The lowest BCUT2D eigenvalue weighted by Gasteiger charge is -2.19. The van der Waals surface area contributed by atoms with Crippen LogP contribution in [0, 0.1) is 5.92 Å². The molecule has 2 N–H and O–H groups in total. The number of hydrogen-bond donors (Lipinski definition) is 2. The summed E-state index contributed by atoms with van der Waals surface area (Å²) < 4.78 is 5.61. The fraction of sp³-hybridized carbons (Fsp3) is 0.875. The molecule has 1 heterocycles. The Labute approximate surface area is 157 Å². The molecule has 1 rings (SSSR count). The summed E-state index contributed by atoms with van der Waals surface area (Å²) >= 11 is 0. The smallest absolute Gasteiger partial charge is 0.243 e. The second-order valence-electron chi connectivity index (χ2n) is 6.03. The van der Waals surface area contributed by atoms with E-state index in [-0.39, 0.29) is 42.5 Å². The van der Waals surface area contributed by atoms with Crippen molar-refractivity contribution in [3.8, 4) is 0 Å². The van der Waals surface area contributed by atoms with Crippen molar-refractivity contribution in [1.29, 1.82) is 0 Å². The lowest BCUT2D eigenvalue weighted by atomic mass is 10.0. The summed E-state index contributed by atoms with van der Waals surface area (Å²) in [6.07, 6.45) is 4.74. The third kappa shape index (κ3) is 9.34. The van der Waals surface area contributed by atoms with Crippen LogP contribution in [-0.4, -0.2) is 63.2 Å². The molecule has 1 aliphatic rings. The molecular weight excluding hydrogens is 407 g/mol. The first-order chi connectivity index (χ1) is 10.6. The summed E-state index contributed by atoms with van der Waals surface area (Å²) in [6.45, 7) is 7.02. The van der Waals surface area contributed by atoms with Crippen molar-refractivity contribution >= 4 is 35.8 Å². The molecule has 1 fully saturated rings. The number of carbonyl (C=O) groups is 1. The van der Waals surface area contributed by atoms with Gasteiger partial charge in [-0.25, -0.2) is 4.99 Å². The van der Waals surface area contributed by atoms with Crippen LogP contribution in [0.5, 0.6) is 0 Å². The Bertz CT molecular complexity index is 346. The van der Waals surface area contributed by atoms with E-state index in [0.29, 0.717) is 11.9 Å². The number of likely N-dealkylation sites (N-methyl/N-ethyl adjacent to an activating group) is 1. The Kier molecular flexibility index (Phi) is 12.5. The number of halogens is 1. The zero-order valence-corrected chi connectivity index (χ0v) is 17.3. The van der Waals surface area contributed by atoms with Gasteiger partial charge in [0.1, 0.15) is 6.54 Å². The maximum absolute atomic E-state index is 11.7. The number of nitrogens with one attached hydrogen (secondary N) is 2. The number of guanidine groups is 1. The monoisotopic (exact) mass is 440 g/mol. The highest BCUT2D eigenvalue weighted by Gasteiger charge is 2.16. The summed E-state index contributed by atoms with van der Waals surface area (Å²) in [6, 6.07) is 0. The van der Waals surface area contributed by atoms with Crippen LogP contribution in [0.4, 0.5) is 0 Å². The highest BCUT2D eigenvalue weighted by Crippen LogP contribution is 2.10. The van der Waals surface area contributed by atoms with E-state index in [4.69, 9.17) is 4.74 Å². The molecule has 136 valence electrons. The number of amides is 1. The van der Waals surface area contributed by atoms with E-state index in [1.807, 2.05) is 0 Å². The Morgan fingerprint density at radius 3 is 2.52 bits per heavy atom. The van der Waals surface area contributed by atoms with Crippen molar-refractivity contribution < 1.29 is 9.53 Å². The predicted octanol–water partition coefficient (Wildman–Crippen LogP) is 1.84. The third-order valence-corrected chi connectivity index (χ3v) is 4.11. The maximum Gasteiger partial charge on any atom is 0.243 e. The minimum absolute atomic E-state index is 0. The molecule has 0 aromatic carbocycles. The van der Waals surface area contributed by atoms with E-state index in [1.165, 1.54) is 0 Å². The number of hydrogen-bond acceptors (Lipinski definition) is 3. The first kappa shape index (κ1) is 22.4. The molecule has 1 atom stereocenters. The van der Waals surface area contributed by atoms with Gasteiger partial charge in [-0.3, -0.25) is 4.79 Å². The van der Waals surface area contributed by atoms with E-state index >= 15 is 0 Å². The number of nitrogens with zero attached hydrogens (tertiary/aromatic N) is 2. The highest BCUT2D eigenvalue weighted by molar-refractivity contribution is 14.0. The molecular formula is C16H33IN4O2. The van der Waals surface area contributed by atoms with Gasteiger partial charge in [-0.1, -0.05) is 26.7 Å². The molecule has 0 radical (unpaired) electrons. The van der Waals surface area contributed by atoms with Crippen molar-refractivity contribution in [2.75, 3.05) is 40.3 Å².